The summed E-state index contributed by atoms with van der Waals surface area (Å²) in [5.74, 6) is 0.860. The average molecular weight is 196 g/mol. The number of Topliss-reactive ketones (excluding diaryl/α,β-unsaturated/α-hetero) is 1. The van der Waals surface area contributed by atoms with Crippen LogP contribution in [0.25, 0.3) is 0 Å². The van der Waals surface area contributed by atoms with E-state index < -0.39 is 6.10 Å². The Hall–Kier alpha value is -0.860. The first-order valence-electron chi connectivity index (χ1n) is 5.13. The zero-order valence-electron chi connectivity index (χ0n) is 8.87. The van der Waals surface area contributed by atoms with Gasteiger partial charge in [0.25, 0.3) is 0 Å². The highest BCUT2D eigenvalue weighted by molar-refractivity contribution is 5.87. The van der Waals surface area contributed by atoms with Crippen LogP contribution in [0.5, 0.6) is 0 Å². The third-order valence-corrected chi connectivity index (χ3v) is 3.84. The highest BCUT2D eigenvalue weighted by atomic mass is 16.5. The second kappa shape index (κ2) is 2.81. The van der Waals surface area contributed by atoms with Crippen LogP contribution in [0.4, 0.5) is 0 Å². The summed E-state index contributed by atoms with van der Waals surface area (Å²) < 4.78 is 5.01. The molecular formula is C11H16O3. The predicted molar refractivity (Wildman–Crippen MR) is 50.6 cm³/mol. The number of rotatable bonds is 1. The van der Waals surface area contributed by atoms with Gasteiger partial charge < -0.3 is 4.74 Å². The molecule has 3 atom stereocenters. The number of carbonyl (C=O) groups is 2. The maximum Gasteiger partial charge on any atom is 0.303 e. The maximum atomic E-state index is 11.6. The van der Waals surface area contributed by atoms with Crippen molar-refractivity contribution in [1.82, 2.24) is 0 Å². The number of ether oxygens (including phenoxy) is 1. The van der Waals surface area contributed by atoms with Crippen LogP contribution in [0, 0.1) is 17.3 Å². The van der Waals surface area contributed by atoms with E-state index in [2.05, 4.69) is 13.8 Å². The average Bonchev–Trinajstić information content (AvgIpc) is 2.54. The Bertz CT molecular complexity index is 293. The summed E-state index contributed by atoms with van der Waals surface area (Å²) in [6.07, 6.45) is 0.863. The predicted octanol–water partition coefficient (Wildman–Crippen LogP) is 1.55. The number of fused-ring (bicyclic) bond motifs is 1. The van der Waals surface area contributed by atoms with Crippen molar-refractivity contribution in [2.45, 2.75) is 39.7 Å². The molecule has 0 heterocycles. The third kappa shape index (κ3) is 1.35. The van der Waals surface area contributed by atoms with Crippen molar-refractivity contribution in [2.75, 3.05) is 0 Å². The first kappa shape index (κ1) is 9.69. The van der Waals surface area contributed by atoms with Gasteiger partial charge in [-0.15, -0.1) is 0 Å². The summed E-state index contributed by atoms with van der Waals surface area (Å²) in [6.45, 7) is 5.73. The van der Waals surface area contributed by atoms with Gasteiger partial charge in [0.05, 0.1) is 0 Å². The molecule has 3 unspecified atom stereocenters. The van der Waals surface area contributed by atoms with E-state index in [-0.39, 0.29) is 17.2 Å². The van der Waals surface area contributed by atoms with Crippen molar-refractivity contribution in [3.63, 3.8) is 0 Å². The lowest BCUT2D eigenvalue weighted by molar-refractivity contribution is -0.154. The Morgan fingerprint density at radius 3 is 2.64 bits per heavy atom. The summed E-state index contributed by atoms with van der Waals surface area (Å²) in [6, 6.07) is 0. The van der Waals surface area contributed by atoms with E-state index in [4.69, 9.17) is 4.74 Å². The quantitative estimate of drug-likeness (QED) is 0.598. The molecule has 2 aliphatic carbocycles. The van der Waals surface area contributed by atoms with E-state index in [1.165, 1.54) is 6.92 Å². The van der Waals surface area contributed by atoms with E-state index in [0.29, 0.717) is 18.3 Å². The molecule has 3 nitrogen and oxygen atoms in total. The topological polar surface area (TPSA) is 43.4 Å². The fraction of sp³-hybridized carbons (Fsp3) is 0.818. The van der Waals surface area contributed by atoms with Gasteiger partial charge in [0.1, 0.15) is 0 Å². The molecular weight excluding hydrogens is 180 g/mol. The minimum absolute atomic E-state index is 0.104. The highest BCUT2D eigenvalue weighted by Crippen LogP contribution is 2.64. The van der Waals surface area contributed by atoms with Crippen LogP contribution >= 0.6 is 0 Å². The van der Waals surface area contributed by atoms with Crippen molar-refractivity contribution in [2.24, 2.45) is 17.3 Å². The van der Waals surface area contributed by atoms with Gasteiger partial charge in [-0.05, 0) is 23.7 Å². The van der Waals surface area contributed by atoms with Crippen molar-refractivity contribution >= 4 is 11.8 Å². The monoisotopic (exact) mass is 196 g/mol. The normalized spacial score (nSPS) is 38.8. The molecule has 78 valence electrons. The lowest BCUT2D eigenvalue weighted by atomic mass is 9.96. The van der Waals surface area contributed by atoms with Crippen LogP contribution in [0.3, 0.4) is 0 Å². The van der Waals surface area contributed by atoms with Crippen LogP contribution in [-0.2, 0) is 14.3 Å². The molecule has 0 bridgehead atoms. The smallest absolute Gasteiger partial charge is 0.303 e. The Morgan fingerprint density at radius 2 is 2.07 bits per heavy atom. The number of esters is 1. The number of ketones is 1. The molecule has 2 saturated carbocycles. The van der Waals surface area contributed by atoms with Gasteiger partial charge in [0, 0.05) is 13.3 Å². The number of hydrogen-bond donors (Lipinski definition) is 0. The lowest BCUT2D eigenvalue weighted by Crippen LogP contribution is -2.30. The molecule has 3 heteroatoms. The molecule has 0 aromatic rings. The second-order valence-electron chi connectivity index (χ2n) is 5.04. The van der Waals surface area contributed by atoms with Gasteiger partial charge in [-0.25, -0.2) is 0 Å². The summed E-state index contributed by atoms with van der Waals surface area (Å²) in [5, 5.41) is 0. The van der Waals surface area contributed by atoms with Gasteiger partial charge >= 0.3 is 5.97 Å². The summed E-state index contributed by atoms with van der Waals surface area (Å²) in [5.41, 5.74) is 0.282. The van der Waals surface area contributed by atoms with Crippen LogP contribution in [0.15, 0.2) is 0 Å². The Morgan fingerprint density at radius 1 is 1.43 bits per heavy atom. The molecule has 0 amide bonds. The van der Waals surface area contributed by atoms with Gasteiger partial charge in [0.15, 0.2) is 11.9 Å². The summed E-state index contributed by atoms with van der Waals surface area (Å²) >= 11 is 0. The fourth-order valence-electron chi connectivity index (χ4n) is 2.76. The summed E-state index contributed by atoms with van der Waals surface area (Å²) in [4.78, 5) is 22.3. The molecule has 0 radical (unpaired) electrons. The van der Waals surface area contributed by atoms with Gasteiger partial charge in [-0.1, -0.05) is 13.8 Å². The largest absolute Gasteiger partial charge is 0.455 e. The Kier molecular flexibility index (Phi) is 1.95. The standard InChI is InChI=1S/C11H16O3/c1-6(12)14-10-5-8-7(4-9(10)13)11(8,2)3/h7-8,10H,4-5H2,1-3H3. The van der Waals surface area contributed by atoms with Crippen LogP contribution < -0.4 is 0 Å². The molecule has 0 saturated heterocycles. The zero-order valence-corrected chi connectivity index (χ0v) is 8.87. The highest BCUT2D eigenvalue weighted by Gasteiger charge is 2.61. The lowest BCUT2D eigenvalue weighted by Gasteiger charge is -2.19. The Balaban J connectivity index is 2.03. The van der Waals surface area contributed by atoms with Gasteiger partial charge in [0.2, 0.25) is 0 Å². The number of carbonyl (C=O) groups excluding carboxylic acids is 2. The number of hydrogen-bond acceptors (Lipinski definition) is 3. The fourth-order valence-corrected chi connectivity index (χ4v) is 2.76. The van der Waals surface area contributed by atoms with Crippen LogP contribution in [0.2, 0.25) is 0 Å². The van der Waals surface area contributed by atoms with Crippen molar-refractivity contribution in [3.8, 4) is 0 Å². The van der Waals surface area contributed by atoms with E-state index >= 15 is 0 Å². The second-order valence-corrected chi connectivity index (χ2v) is 5.04. The molecule has 2 fully saturated rings. The van der Waals surface area contributed by atoms with E-state index in [9.17, 15) is 9.59 Å². The zero-order chi connectivity index (χ0) is 10.5. The first-order chi connectivity index (χ1) is 6.43. The van der Waals surface area contributed by atoms with Crippen molar-refractivity contribution in [3.05, 3.63) is 0 Å². The maximum absolute atomic E-state index is 11.6. The Labute approximate surface area is 83.8 Å². The molecule has 0 N–H and O–H groups in total. The SMILES string of the molecule is CC(=O)OC1CC2C(CC1=O)C2(C)C. The van der Waals surface area contributed by atoms with Gasteiger partial charge in [-0.2, -0.15) is 0 Å². The van der Waals surface area contributed by atoms with Crippen molar-refractivity contribution in [1.29, 1.82) is 0 Å². The van der Waals surface area contributed by atoms with E-state index in [1.54, 1.807) is 0 Å². The minimum atomic E-state index is -0.462. The molecule has 0 spiro atoms. The van der Waals surface area contributed by atoms with Gasteiger partial charge in [-0.3, -0.25) is 9.59 Å². The van der Waals surface area contributed by atoms with Crippen molar-refractivity contribution < 1.29 is 14.3 Å². The molecule has 14 heavy (non-hydrogen) atoms. The van der Waals surface area contributed by atoms with Crippen LogP contribution in [0.1, 0.15) is 33.6 Å². The van der Waals surface area contributed by atoms with E-state index in [1.807, 2.05) is 0 Å². The molecule has 0 aromatic heterocycles. The molecule has 0 aliphatic heterocycles. The molecule has 2 rings (SSSR count). The minimum Gasteiger partial charge on any atom is -0.455 e. The molecule has 0 aromatic carbocycles. The van der Waals surface area contributed by atoms with E-state index in [0.717, 1.165) is 6.42 Å². The van der Waals surface area contributed by atoms with Crippen LogP contribution in [-0.4, -0.2) is 17.9 Å². The summed E-state index contributed by atoms with van der Waals surface area (Å²) in [7, 11) is 0. The third-order valence-electron chi connectivity index (χ3n) is 3.84. The molecule has 2 aliphatic rings. The first-order valence-corrected chi connectivity index (χ1v) is 5.13.